The molecular formula is C28H38Si3. The van der Waals surface area contributed by atoms with Crippen LogP contribution < -0.4 is 10.4 Å². The Morgan fingerprint density at radius 2 is 1.35 bits per heavy atom. The van der Waals surface area contributed by atoms with Crippen molar-refractivity contribution in [2.75, 3.05) is 0 Å². The van der Waals surface area contributed by atoms with Crippen molar-refractivity contribution in [1.82, 2.24) is 0 Å². The van der Waals surface area contributed by atoms with Gasteiger partial charge in [0.2, 0.25) is 0 Å². The minimum atomic E-state index is -1.32. The molecule has 0 bridgehead atoms. The van der Waals surface area contributed by atoms with Gasteiger partial charge in [-0.05, 0) is 46.2 Å². The standard InChI is InChI=1S/C28H38Si3/c1-30(2,3)20-11-13-22-23-14-12-21(31(4,5)6)18-25(23)28(24(22)17-20)27-16-15-26(29-27)19-9-7-8-10-19/h7-9,11-14,17-18,26-28H,10,15-16,29H2,1-6H3. The Labute approximate surface area is 193 Å². The van der Waals surface area contributed by atoms with E-state index in [4.69, 9.17) is 0 Å². The summed E-state index contributed by atoms with van der Waals surface area (Å²) < 4.78 is 0. The lowest BCUT2D eigenvalue weighted by molar-refractivity contribution is 0.678. The molecule has 1 heterocycles. The van der Waals surface area contributed by atoms with Gasteiger partial charge in [-0.2, -0.15) is 0 Å². The number of fused-ring (bicyclic) bond motifs is 3. The first kappa shape index (κ1) is 21.4. The molecule has 0 amide bonds. The minimum absolute atomic E-state index is 0.145. The molecule has 0 saturated carbocycles. The lowest BCUT2D eigenvalue weighted by Crippen LogP contribution is -2.38. The maximum Gasteiger partial charge on any atom is 0.0776 e. The highest BCUT2D eigenvalue weighted by Gasteiger charge is 2.40. The van der Waals surface area contributed by atoms with Gasteiger partial charge in [0.1, 0.15) is 0 Å². The fraction of sp³-hybridized carbons (Fsp3) is 0.429. The predicted octanol–water partition coefficient (Wildman–Crippen LogP) is 6.32. The van der Waals surface area contributed by atoms with Gasteiger partial charge in [0.15, 0.2) is 0 Å². The Hall–Kier alpha value is -1.43. The largest absolute Gasteiger partial charge is 0.0805 e. The zero-order valence-electron chi connectivity index (χ0n) is 20.3. The van der Waals surface area contributed by atoms with Crippen molar-refractivity contribution in [3.8, 4) is 11.1 Å². The first-order chi connectivity index (χ1) is 14.6. The molecule has 2 atom stereocenters. The fourth-order valence-corrected chi connectivity index (χ4v) is 11.6. The quantitative estimate of drug-likeness (QED) is 0.471. The molecule has 0 spiro atoms. The van der Waals surface area contributed by atoms with Crippen molar-refractivity contribution in [1.29, 1.82) is 0 Å². The van der Waals surface area contributed by atoms with Gasteiger partial charge in [0, 0.05) is 15.4 Å². The Morgan fingerprint density at radius 1 is 0.774 bits per heavy atom. The maximum absolute atomic E-state index is 2.65. The zero-order chi connectivity index (χ0) is 22.0. The van der Waals surface area contributed by atoms with E-state index in [-0.39, 0.29) is 9.52 Å². The molecule has 1 saturated heterocycles. The van der Waals surface area contributed by atoms with E-state index in [9.17, 15) is 0 Å². The van der Waals surface area contributed by atoms with Crippen LogP contribution in [0.3, 0.4) is 0 Å². The maximum atomic E-state index is 2.65. The van der Waals surface area contributed by atoms with Crippen molar-refractivity contribution in [3.05, 3.63) is 71.3 Å². The van der Waals surface area contributed by atoms with E-state index < -0.39 is 16.1 Å². The molecule has 1 aliphatic heterocycles. The summed E-state index contributed by atoms with van der Waals surface area (Å²) in [4.78, 5) is 0. The second-order valence-electron chi connectivity index (χ2n) is 12.2. The number of rotatable bonds is 4. The highest BCUT2D eigenvalue weighted by atomic mass is 28.3. The number of benzene rings is 2. The summed E-state index contributed by atoms with van der Waals surface area (Å²) in [5.74, 6) is 0.657. The highest BCUT2D eigenvalue weighted by molar-refractivity contribution is 6.89. The second kappa shape index (κ2) is 7.57. The SMILES string of the molecule is C[Si](C)(C)c1ccc2c(c1)C(C1CCC(C3=CC=CC3)[SiH2]1)c1cc([Si](C)(C)C)ccc1-2. The van der Waals surface area contributed by atoms with Crippen LogP contribution in [0, 0.1) is 0 Å². The van der Waals surface area contributed by atoms with Gasteiger partial charge in [0.25, 0.3) is 0 Å². The van der Waals surface area contributed by atoms with Gasteiger partial charge >= 0.3 is 0 Å². The zero-order valence-corrected chi connectivity index (χ0v) is 23.7. The topological polar surface area (TPSA) is 0 Å². The van der Waals surface area contributed by atoms with E-state index in [1.165, 1.54) is 19.3 Å². The molecule has 3 aliphatic rings. The third-order valence-electron chi connectivity index (χ3n) is 8.06. The molecule has 2 aromatic carbocycles. The molecule has 31 heavy (non-hydrogen) atoms. The van der Waals surface area contributed by atoms with Crippen LogP contribution in [0.5, 0.6) is 0 Å². The molecule has 2 aromatic rings. The average molecular weight is 459 g/mol. The van der Waals surface area contributed by atoms with Crippen LogP contribution in [0.2, 0.25) is 50.4 Å². The second-order valence-corrected chi connectivity index (χ2v) is 24.9. The fourth-order valence-electron chi connectivity index (χ4n) is 6.16. The molecule has 2 unspecified atom stereocenters. The third kappa shape index (κ3) is 3.83. The van der Waals surface area contributed by atoms with Crippen molar-refractivity contribution in [3.63, 3.8) is 0 Å². The molecule has 0 nitrogen and oxygen atoms in total. The molecule has 3 heteroatoms. The van der Waals surface area contributed by atoms with E-state index in [1.54, 1.807) is 38.2 Å². The van der Waals surface area contributed by atoms with Crippen molar-refractivity contribution in [2.45, 2.75) is 75.5 Å². The predicted molar refractivity (Wildman–Crippen MR) is 147 cm³/mol. The molecule has 0 aromatic heterocycles. The van der Waals surface area contributed by atoms with Gasteiger partial charge in [0.05, 0.1) is 16.1 Å². The molecule has 162 valence electrons. The summed E-state index contributed by atoms with van der Waals surface area (Å²) in [5, 5.41) is 3.27. The van der Waals surface area contributed by atoms with Crippen molar-refractivity contribution in [2.24, 2.45) is 0 Å². The minimum Gasteiger partial charge on any atom is -0.0805 e. The Bertz CT molecular complexity index is 1010. The highest BCUT2D eigenvalue weighted by Crippen LogP contribution is 2.55. The van der Waals surface area contributed by atoms with Crippen LogP contribution in [0.15, 0.2) is 60.2 Å². The number of hydrogen-bond donors (Lipinski definition) is 0. The van der Waals surface area contributed by atoms with E-state index in [0.29, 0.717) is 5.92 Å². The summed E-state index contributed by atoms with van der Waals surface area (Å²) in [5.41, 5.74) is 10.1. The normalized spacial score (nSPS) is 24.0. The first-order valence-corrected chi connectivity index (χ1v) is 20.9. The van der Waals surface area contributed by atoms with Crippen LogP contribution in [0.1, 0.15) is 36.3 Å². The molecular weight excluding hydrogens is 421 g/mol. The first-order valence-electron chi connectivity index (χ1n) is 12.3. The van der Waals surface area contributed by atoms with Crippen LogP contribution >= 0.6 is 0 Å². The van der Waals surface area contributed by atoms with Gasteiger partial charge in [-0.15, -0.1) is 0 Å². The number of allylic oxidation sites excluding steroid dienone is 4. The van der Waals surface area contributed by atoms with Gasteiger partial charge in [-0.25, -0.2) is 0 Å². The molecule has 1 fully saturated rings. The molecule has 0 N–H and O–H groups in total. The monoisotopic (exact) mass is 458 g/mol. The van der Waals surface area contributed by atoms with Crippen LogP contribution in [0.25, 0.3) is 11.1 Å². The molecule has 2 aliphatic carbocycles. The smallest absolute Gasteiger partial charge is 0.0776 e. The van der Waals surface area contributed by atoms with Crippen molar-refractivity contribution < 1.29 is 0 Å². The lowest BCUT2D eigenvalue weighted by Gasteiger charge is -2.25. The summed E-state index contributed by atoms with van der Waals surface area (Å²) >= 11 is 0. The molecule has 5 rings (SSSR count). The molecule has 0 radical (unpaired) electrons. The lowest BCUT2D eigenvalue weighted by atomic mass is 9.90. The van der Waals surface area contributed by atoms with E-state index >= 15 is 0 Å². The van der Waals surface area contributed by atoms with Gasteiger partial charge in [-0.3, -0.25) is 0 Å². The Morgan fingerprint density at radius 3 is 1.84 bits per heavy atom. The Kier molecular flexibility index (Phi) is 5.23. The van der Waals surface area contributed by atoms with Crippen molar-refractivity contribution >= 4 is 36.0 Å². The van der Waals surface area contributed by atoms with Gasteiger partial charge < -0.3 is 0 Å². The third-order valence-corrected chi connectivity index (χ3v) is 15.1. The summed E-state index contributed by atoms with van der Waals surface area (Å²) in [6, 6.07) is 15.2. The van der Waals surface area contributed by atoms with Crippen LogP contribution in [-0.4, -0.2) is 25.7 Å². The van der Waals surface area contributed by atoms with E-state index in [0.717, 1.165) is 11.1 Å². The van der Waals surface area contributed by atoms with Crippen LogP contribution in [0.4, 0.5) is 0 Å². The summed E-state index contributed by atoms with van der Waals surface area (Å²) in [6.07, 6.45) is 11.2. The number of hydrogen-bond acceptors (Lipinski definition) is 0. The van der Waals surface area contributed by atoms with Gasteiger partial charge in [-0.1, -0.05) is 116 Å². The summed E-state index contributed by atoms with van der Waals surface area (Å²) in [7, 11) is -2.79. The van der Waals surface area contributed by atoms with Crippen LogP contribution in [-0.2, 0) is 0 Å². The van der Waals surface area contributed by atoms with E-state index in [1.807, 2.05) is 0 Å². The van der Waals surface area contributed by atoms with E-state index in [2.05, 4.69) is 93.9 Å². The summed E-state index contributed by atoms with van der Waals surface area (Å²) in [6.45, 7) is 15.0. The Balaban J connectivity index is 1.59. The average Bonchev–Trinajstić information content (AvgIpc) is 3.43.